The van der Waals surface area contributed by atoms with E-state index in [9.17, 15) is 9.90 Å². The fourth-order valence-electron chi connectivity index (χ4n) is 1.35. The maximum atomic E-state index is 11.4. The summed E-state index contributed by atoms with van der Waals surface area (Å²) in [5.74, 6) is 0. The van der Waals surface area contributed by atoms with E-state index in [2.05, 4.69) is 10.3 Å². The number of carbonyl (C=O) groups is 1. The zero-order valence-corrected chi connectivity index (χ0v) is 11.2. The Labute approximate surface area is 107 Å². The molecular formula is C13H20N2O3. The monoisotopic (exact) mass is 252 g/mol. The smallest absolute Gasteiger partial charge is 0.407 e. The summed E-state index contributed by atoms with van der Waals surface area (Å²) in [7, 11) is 0. The summed E-state index contributed by atoms with van der Waals surface area (Å²) in [5, 5.41) is 12.4. The van der Waals surface area contributed by atoms with Crippen LogP contribution in [0.2, 0.25) is 0 Å². The molecule has 0 aliphatic carbocycles. The predicted octanol–water partition coefficient (Wildman–Crippen LogP) is 1.95. The van der Waals surface area contributed by atoms with Crippen molar-refractivity contribution in [1.29, 1.82) is 0 Å². The highest BCUT2D eigenvalue weighted by atomic mass is 16.6. The number of rotatable bonds is 3. The third kappa shape index (κ3) is 5.14. The van der Waals surface area contributed by atoms with Gasteiger partial charge in [0, 0.05) is 5.69 Å². The van der Waals surface area contributed by atoms with Gasteiger partial charge in [0.15, 0.2) is 0 Å². The Morgan fingerprint density at radius 3 is 2.72 bits per heavy atom. The van der Waals surface area contributed by atoms with Crippen molar-refractivity contribution in [1.82, 2.24) is 10.3 Å². The fourth-order valence-corrected chi connectivity index (χ4v) is 1.35. The molecule has 0 aromatic carbocycles. The molecule has 0 spiro atoms. The lowest BCUT2D eigenvalue weighted by atomic mass is 10.2. The number of nitrogens with zero attached hydrogens (tertiary/aromatic N) is 1. The van der Waals surface area contributed by atoms with Crippen molar-refractivity contribution in [3.05, 3.63) is 29.6 Å². The molecule has 1 unspecified atom stereocenters. The minimum absolute atomic E-state index is 0.0748. The van der Waals surface area contributed by atoms with Crippen molar-refractivity contribution in [2.75, 3.05) is 6.54 Å². The summed E-state index contributed by atoms with van der Waals surface area (Å²) in [6.07, 6.45) is -1.38. The van der Waals surface area contributed by atoms with E-state index in [1.807, 2.05) is 19.1 Å². The molecule has 100 valence electrons. The van der Waals surface area contributed by atoms with Crippen molar-refractivity contribution in [2.45, 2.75) is 39.4 Å². The van der Waals surface area contributed by atoms with Gasteiger partial charge in [-0.25, -0.2) is 4.79 Å². The molecule has 0 bridgehead atoms. The lowest BCUT2D eigenvalue weighted by molar-refractivity contribution is 0.0490. The third-order valence-electron chi connectivity index (χ3n) is 2.09. The van der Waals surface area contributed by atoms with E-state index >= 15 is 0 Å². The second-order valence-corrected chi connectivity index (χ2v) is 5.10. The summed E-state index contributed by atoms with van der Waals surface area (Å²) >= 11 is 0. The molecule has 1 amide bonds. The number of carbonyl (C=O) groups excluding carboxylic acids is 1. The summed E-state index contributed by atoms with van der Waals surface area (Å²) in [5.41, 5.74) is 0.811. The van der Waals surface area contributed by atoms with Gasteiger partial charge in [-0.15, -0.1) is 0 Å². The van der Waals surface area contributed by atoms with Gasteiger partial charge >= 0.3 is 6.09 Å². The Balaban J connectivity index is 2.46. The molecule has 1 heterocycles. The van der Waals surface area contributed by atoms with Crippen LogP contribution in [0.15, 0.2) is 18.2 Å². The van der Waals surface area contributed by atoms with Crippen LogP contribution in [-0.4, -0.2) is 28.3 Å². The minimum Gasteiger partial charge on any atom is -0.444 e. The topological polar surface area (TPSA) is 71.5 Å². The number of amides is 1. The third-order valence-corrected chi connectivity index (χ3v) is 2.09. The summed E-state index contributed by atoms with van der Waals surface area (Å²) in [6, 6.07) is 5.38. The van der Waals surface area contributed by atoms with Gasteiger partial charge in [-0.3, -0.25) is 4.98 Å². The van der Waals surface area contributed by atoms with Crippen LogP contribution in [0.1, 0.15) is 38.3 Å². The normalized spacial score (nSPS) is 12.9. The van der Waals surface area contributed by atoms with E-state index in [0.29, 0.717) is 5.69 Å². The summed E-state index contributed by atoms with van der Waals surface area (Å²) in [4.78, 5) is 15.6. The molecule has 0 fully saturated rings. The number of aromatic nitrogens is 1. The maximum absolute atomic E-state index is 11.4. The molecule has 1 aromatic heterocycles. The summed E-state index contributed by atoms with van der Waals surface area (Å²) in [6.45, 7) is 7.27. The second kappa shape index (κ2) is 5.82. The van der Waals surface area contributed by atoms with Crippen molar-refractivity contribution < 1.29 is 14.6 Å². The van der Waals surface area contributed by atoms with E-state index in [1.54, 1.807) is 26.8 Å². The molecule has 1 rings (SSSR count). The highest BCUT2D eigenvalue weighted by Gasteiger charge is 2.17. The molecule has 0 saturated carbocycles. The number of aryl methyl sites for hydroxylation is 1. The molecule has 5 heteroatoms. The maximum Gasteiger partial charge on any atom is 0.407 e. The van der Waals surface area contributed by atoms with Crippen LogP contribution in [0.5, 0.6) is 0 Å². The highest BCUT2D eigenvalue weighted by molar-refractivity contribution is 5.67. The van der Waals surface area contributed by atoms with Crippen molar-refractivity contribution in [2.24, 2.45) is 0 Å². The van der Waals surface area contributed by atoms with Gasteiger partial charge in [0.1, 0.15) is 11.7 Å². The van der Waals surface area contributed by atoms with Crippen LogP contribution in [0, 0.1) is 6.92 Å². The highest BCUT2D eigenvalue weighted by Crippen LogP contribution is 2.10. The molecule has 1 atom stereocenters. The number of ether oxygens (including phenoxy) is 1. The van der Waals surface area contributed by atoms with Crippen LogP contribution < -0.4 is 5.32 Å². The first-order chi connectivity index (χ1) is 8.28. The number of aliphatic hydroxyl groups excluding tert-OH is 1. The first-order valence-corrected chi connectivity index (χ1v) is 5.86. The molecule has 0 aliphatic heterocycles. The molecule has 0 aliphatic rings. The number of aliphatic hydroxyl groups is 1. The lowest BCUT2D eigenvalue weighted by Crippen LogP contribution is -2.34. The Bertz CT molecular complexity index is 413. The van der Waals surface area contributed by atoms with Crippen LogP contribution in [0.3, 0.4) is 0 Å². The number of nitrogens with one attached hydrogen (secondary N) is 1. The van der Waals surface area contributed by atoms with Gasteiger partial charge < -0.3 is 15.2 Å². The molecule has 0 radical (unpaired) electrons. The van der Waals surface area contributed by atoms with E-state index in [1.165, 1.54) is 0 Å². The number of pyridine rings is 1. The Kier molecular flexibility index (Phi) is 4.67. The van der Waals surface area contributed by atoms with Crippen LogP contribution in [-0.2, 0) is 4.74 Å². The van der Waals surface area contributed by atoms with Gasteiger partial charge in [-0.05, 0) is 39.8 Å². The molecule has 18 heavy (non-hydrogen) atoms. The van der Waals surface area contributed by atoms with Crippen molar-refractivity contribution in [3.63, 3.8) is 0 Å². The van der Waals surface area contributed by atoms with Gasteiger partial charge in [0.05, 0.1) is 12.2 Å². The quantitative estimate of drug-likeness (QED) is 0.862. The fraction of sp³-hybridized carbons (Fsp3) is 0.538. The first-order valence-electron chi connectivity index (χ1n) is 5.86. The zero-order chi connectivity index (χ0) is 13.8. The Morgan fingerprint density at radius 2 is 2.17 bits per heavy atom. The van der Waals surface area contributed by atoms with Crippen LogP contribution >= 0.6 is 0 Å². The number of alkyl carbamates (subject to hydrolysis) is 1. The average molecular weight is 252 g/mol. The molecule has 1 aromatic rings. The van der Waals surface area contributed by atoms with E-state index in [4.69, 9.17) is 4.74 Å². The van der Waals surface area contributed by atoms with Crippen LogP contribution in [0.4, 0.5) is 4.79 Å². The molecule has 0 saturated heterocycles. The SMILES string of the molecule is Cc1cccc(C(O)CNC(=O)OC(C)(C)C)n1. The Hall–Kier alpha value is -1.62. The van der Waals surface area contributed by atoms with E-state index < -0.39 is 17.8 Å². The summed E-state index contributed by atoms with van der Waals surface area (Å²) < 4.78 is 5.07. The lowest BCUT2D eigenvalue weighted by Gasteiger charge is -2.20. The van der Waals surface area contributed by atoms with E-state index in [0.717, 1.165) is 5.69 Å². The largest absolute Gasteiger partial charge is 0.444 e. The first kappa shape index (κ1) is 14.4. The standard InChI is InChI=1S/C13H20N2O3/c1-9-6-5-7-10(15-9)11(16)8-14-12(17)18-13(2,3)4/h5-7,11,16H,8H2,1-4H3,(H,14,17). The molecule has 5 nitrogen and oxygen atoms in total. The van der Waals surface area contributed by atoms with Gasteiger partial charge in [-0.2, -0.15) is 0 Å². The molecular weight excluding hydrogens is 232 g/mol. The second-order valence-electron chi connectivity index (χ2n) is 5.10. The van der Waals surface area contributed by atoms with Gasteiger partial charge in [0.2, 0.25) is 0 Å². The average Bonchev–Trinajstić information content (AvgIpc) is 2.23. The van der Waals surface area contributed by atoms with E-state index in [-0.39, 0.29) is 6.54 Å². The van der Waals surface area contributed by atoms with Crippen LogP contribution in [0.25, 0.3) is 0 Å². The Morgan fingerprint density at radius 1 is 1.50 bits per heavy atom. The number of hydrogen-bond donors (Lipinski definition) is 2. The minimum atomic E-state index is -0.836. The predicted molar refractivity (Wildman–Crippen MR) is 68.2 cm³/mol. The molecule has 2 N–H and O–H groups in total. The van der Waals surface area contributed by atoms with Crippen molar-refractivity contribution in [3.8, 4) is 0 Å². The van der Waals surface area contributed by atoms with Gasteiger partial charge in [0.25, 0.3) is 0 Å². The van der Waals surface area contributed by atoms with Crippen molar-refractivity contribution >= 4 is 6.09 Å². The zero-order valence-electron chi connectivity index (χ0n) is 11.2. The number of hydrogen-bond acceptors (Lipinski definition) is 4. The van der Waals surface area contributed by atoms with Gasteiger partial charge in [-0.1, -0.05) is 6.07 Å².